The second kappa shape index (κ2) is 5.13. The highest BCUT2D eigenvalue weighted by Crippen LogP contribution is 2.15. The van der Waals surface area contributed by atoms with Crippen LogP contribution < -0.4 is 5.73 Å². The molecule has 17 heavy (non-hydrogen) atoms. The molecule has 1 aromatic rings. The molecule has 2 N–H and O–H groups in total. The van der Waals surface area contributed by atoms with Crippen LogP contribution in [0.3, 0.4) is 0 Å². The number of thiazole rings is 1. The van der Waals surface area contributed by atoms with Crippen LogP contribution in [-0.2, 0) is 14.4 Å². The fourth-order valence-corrected chi connectivity index (χ4v) is 1.55. The molecule has 0 aromatic carbocycles. The predicted molar refractivity (Wildman–Crippen MR) is 65.9 cm³/mol. The molecule has 7 heteroatoms. The van der Waals surface area contributed by atoms with Crippen molar-refractivity contribution in [3.63, 3.8) is 0 Å². The van der Waals surface area contributed by atoms with Crippen LogP contribution in [-0.4, -0.2) is 29.4 Å². The average Bonchev–Trinajstić information content (AvgIpc) is 2.58. The largest absolute Gasteiger partial charge is 0.455 e. The monoisotopic (exact) mass is 257 g/mol. The maximum atomic E-state index is 11.8. The van der Waals surface area contributed by atoms with Crippen molar-refractivity contribution < 1.29 is 14.4 Å². The van der Waals surface area contributed by atoms with Crippen LogP contribution in [0.4, 0.5) is 5.13 Å². The molecule has 0 aliphatic rings. The van der Waals surface area contributed by atoms with Crippen molar-refractivity contribution in [1.29, 1.82) is 0 Å². The molecule has 0 fully saturated rings. The number of ether oxygens (including phenoxy) is 1. The number of carbonyl (C=O) groups is 1. The third-order valence-corrected chi connectivity index (χ3v) is 2.21. The van der Waals surface area contributed by atoms with E-state index in [1.807, 2.05) is 0 Å². The molecule has 0 saturated heterocycles. The highest BCUT2D eigenvalue weighted by Gasteiger charge is 2.24. The van der Waals surface area contributed by atoms with Gasteiger partial charge in [-0.25, -0.2) is 9.78 Å². The first-order valence-corrected chi connectivity index (χ1v) is 5.77. The number of nitrogens with two attached hydrogens (primary N) is 1. The lowest BCUT2D eigenvalue weighted by Crippen LogP contribution is -2.29. The number of hydrogen-bond donors (Lipinski definition) is 1. The van der Waals surface area contributed by atoms with Crippen molar-refractivity contribution >= 4 is 28.1 Å². The topological polar surface area (TPSA) is 86.8 Å². The number of aromatic nitrogens is 1. The van der Waals surface area contributed by atoms with Crippen LogP contribution in [0.2, 0.25) is 0 Å². The van der Waals surface area contributed by atoms with Crippen molar-refractivity contribution in [2.45, 2.75) is 26.4 Å². The number of oxime groups is 1. The van der Waals surface area contributed by atoms with E-state index in [9.17, 15) is 4.79 Å². The summed E-state index contributed by atoms with van der Waals surface area (Å²) in [4.78, 5) is 20.4. The van der Waals surface area contributed by atoms with Crippen LogP contribution in [0.25, 0.3) is 0 Å². The Morgan fingerprint density at radius 2 is 2.18 bits per heavy atom. The predicted octanol–water partition coefficient (Wildman–Crippen LogP) is 1.42. The Morgan fingerprint density at radius 1 is 1.53 bits per heavy atom. The number of anilines is 1. The maximum absolute atomic E-state index is 11.8. The summed E-state index contributed by atoms with van der Waals surface area (Å²) in [6.07, 6.45) is 0. The van der Waals surface area contributed by atoms with Crippen molar-refractivity contribution in [2.24, 2.45) is 5.16 Å². The van der Waals surface area contributed by atoms with Gasteiger partial charge in [-0.1, -0.05) is 5.16 Å². The number of hydrogen-bond acceptors (Lipinski definition) is 7. The average molecular weight is 257 g/mol. The van der Waals surface area contributed by atoms with E-state index in [4.69, 9.17) is 10.5 Å². The van der Waals surface area contributed by atoms with Gasteiger partial charge in [0.1, 0.15) is 18.4 Å². The van der Waals surface area contributed by atoms with Crippen molar-refractivity contribution in [3.8, 4) is 0 Å². The Hall–Kier alpha value is -1.63. The lowest BCUT2D eigenvalue weighted by atomic mass is 10.2. The molecule has 0 aliphatic carbocycles. The minimum atomic E-state index is -0.604. The van der Waals surface area contributed by atoms with Crippen LogP contribution in [0.15, 0.2) is 10.5 Å². The molecule has 0 amide bonds. The van der Waals surface area contributed by atoms with Crippen molar-refractivity contribution in [3.05, 3.63) is 11.1 Å². The van der Waals surface area contributed by atoms with Crippen LogP contribution >= 0.6 is 11.3 Å². The third-order valence-electron chi connectivity index (χ3n) is 1.54. The molecule has 6 nitrogen and oxygen atoms in total. The van der Waals surface area contributed by atoms with Crippen molar-refractivity contribution in [2.75, 3.05) is 12.8 Å². The highest BCUT2D eigenvalue weighted by molar-refractivity contribution is 7.13. The number of esters is 1. The normalized spacial score (nSPS) is 12.4. The van der Waals surface area contributed by atoms with Gasteiger partial charge in [0.15, 0.2) is 5.13 Å². The fraction of sp³-hybridized carbons (Fsp3) is 0.500. The summed E-state index contributed by atoms with van der Waals surface area (Å²) in [6.45, 7) is 5.31. The molecule has 0 atom stereocenters. The zero-order chi connectivity index (χ0) is 13.1. The quantitative estimate of drug-likeness (QED) is 0.502. The standard InChI is InChI=1S/C10H15N3O3S/c1-10(2,3)16-8(14)7(13-15-4)6-5-17-9(11)12-6/h5H,1-4H3,(H2,11,12)/b13-7-. The van der Waals surface area contributed by atoms with Gasteiger partial charge in [0.25, 0.3) is 0 Å². The summed E-state index contributed by atoms with van der Waals surface area (Å²) in [7, 11) is 1.35. The van der Waals surface area contributed by atoms with E-state index in [1.54, 1.807) is 26.2 Å². The zero-order valence-corrected chi connectivity index (χ0v) is 11.0. The molecular weight excluding hydrogens is 242 g/mol. The minimum absolute atomic E-state index is 0.00961. The number of rotatable bonds is 3. The smallest absolute Gasteiger partial charge is 0.363 e. The zero-order valence-electron chi connectivity index (χ0n) is 10.2. The van der Waals surface area contributed by atoms with E-state index in [0.29, 0.717) is 10.8 Å². The summed E-state index contributed by atoms with van der Waals surface area (Å²) in [5.41, 5.74) is 5.26. The summed E-state index contributed by atoms with van der Waals surface area (Å²) >= 11 is 1.22. The Labute approximate surface area is 103 Å². The van der Waals surface area contributed by atoms with Gasteiger partial charge in [-0.05, 0) is 20.8 Å². The molecule has 1 rings (SSSR count). The maximum Gasteiger partial charge on any atom is 0.363 e. The molecular formula is C10H15N3O3S. The van der Waals surface area contributed by atoms with E-state index in [-0.39, 0.29) is 5.71 Å². The van der Waals surface area contributed by atoms with E-state index >= 15 is 0 Å². The van der Waals surface area contributed by atoms with Gasteiger partial charge in [0, 0.05) is 5.38 Å². The molecule has 1 heterocycles. The minimum Gasteiger partial charge on any atom is -0.455 e. The van der Waals surface area contributed by atoms with E-state index < -0.39 is 11.6 Å². The van der Waals surface area contributed by atoms with Gasteiger partial charge in [0.2, 0.25) is 5.71 Å². The number of nitrogen functional groups attached to an aromatic ring is 1. The highest BCUT2D eigenvalue weighted by atomic mass is 32.1. The van der Waals surface area contributed by atoms with E-state index in [2.05, 4.69) is 15.0 Å². The fourth-order valence-electron chi connectivity index (χ4n) is 1.00. The lowest BCUT2D eigenvalue weighted by Gasteiger charge is -2.19. The SMILES string of the molecule is CO/N=C(\C(=O)OC(C)(C)C)c1csc(N)n1. The first-order valence-electron chi connectivity index (χ1n) is 4.89. The molecule has 1 aromatic heterocycles. The summed E-state index contributed by atoms with van der Waals surface area (Å²) in [6, 6.07) is 0. The summed E-state index contributed by atoms with van der Waals surface area (Å²) in [5, 5.41) is 5.60. The van der Waals surface area contributed by atoms with Gasteiger partial charge in [-0.15, -0.1) is 11.3 Å². The van der Waals surface area contributed by atoms with E-state index in [1.165, 1.54) is 18.4 Å². The second-order valence-corrected chi connectivity index (χ2v) is 5.09. The Bertz CT molecular complexity index is 434. The molecule has 0 unspecified atom stereocenters. The molecule has 0 spiro atoms. The van der Waals surface area contributed by atoms with Gasteiger partial charge >= 0.3 is 5.97 Å². The molecule has 0 radical (unpaired) electrons. The van der Waals surface area contributed by atoms with E-state index in [0.717, 1.165) is 0 Å². The van der Waals surface area contributed by atoms with Gasteiger partial charge in [-0.2, -0.15) is 0 Å². The summed E-state index contributed by atoms with van der Waals surface area (Å²) < 4.78 is 5.19. The summed E-state index contributed by atoms with van der Waals surface area (Å²) in [5.74, 6) is -0.593. The Kier molecular flexibility index (Phi) is 4.06. The number of nitrogens with zero attached hydrogens (tertiary/aromatic N) is 2. The van der Waals surface area contributed by atoms with Gasteiger partial charge in [0.05, 0.1) is 0 Å². The van der Waals surface area contributed by atoms with Crippen molar-refractivity contribution in [1.82, 2.24) is 4.98 Å². The molecule has 0 saturated carbocycles. The second-order valence-electron chi connectivity index (χ2n) is 4.20. The number of carbonyl (C=O) groups excluding carboxylic acids is 1. The van der Waals surface area contributed by atoms with Crippen LogP contribution in [0, 0.1) is 0 Å². The first-order chi connectivity index (χ1) is 7.83. The van der Waals surface area contributed by atoms with Gasteiger partial charge in [-0.3, -0.25) is 0 Å². The molecule has 94 valence electrons. The first kappa shape index (κ1) is 13.4. The molecule has 0 bridgehead atoms. The van der Waals surface area contributed by atoms with Gasteiger partial charge < -0.3 is 15.3 Å². The lowest BCUT2D eigenvalue weighted by molar-refractivity contribution is -0.146. The van der Waals surface area contributed by atoms with Crippen LogP contribution in [0.1, 0.15) is 26.5 Å². The Morgan fingerprint density at radius 3 is 2.59 bits per heavy atom. The van der Waals surface area contributed by atoms with Crippen LogP contribution in [0.5, 0.6) is 0 Å². The molecule has 0 aliphatic heterocycles. The Balaban J connectivity index is 2.95. The third kappa shape index (κ3) is 4.03.